The van der Waals surface area contributed by atoms with Gasteiger partial charge in [-0.3, -0.25) is 4.79 Å². The molecular weight excluding hydrogens is 443 g/mol. The van der Waals surface area contributed by atoms with Crippen molar-refractivity contribution in [1.82, 2.24) is 29.4 Å². The normalized spacial score (nSPS) is 18.9. The van der Waals surface area contributed by atoms with Crippen molar-refractivity contribution in [3.8, 4) is 0 Å². The number of benzene rings is 1. The molecule has 2 fully saturated rings. The lowest BCUT2D eigenvalue weighted by atomic mass is 10.3. The van der Waals surface area contributed by atoms with Crippen molar-refractivity contribution in [1.29, 1.82) is 0 Å². The number of tetrazole rings is 1. The highest BCUT2D eigenvalue weighted by Crippen LogP contribution is 2.31. The number of carbonyl (C=O) groups excluding carboxylic acids is 1. The molecule has 0 atom stereocenters. The number of halogens is 1. The number of nitrogens with zero attached hydrogens (tertiary/aromatic N) is 6. The van der Waals surface area contributed by atoms with E-state index in [-0.39, 0.29) is 23.1 Å². The van der Waals surface area contributed by atoms with Gasteiger partial charge >= 0.3 is 0 Å². The largest absolute Gasteiger partial charge is 0.341 e. The van der Waals surface area contributed by atoms with Crippen molar-refractivity contribution in [2.75, 3.05) is 31.9 Å². The van der Waals surface area contributed by atoms with Gasteiger partial charge in [-0.15, -0.1) is 5.10 Å². The SMILES string of the molecule is O=C(CSc1nnnn1C1CCCC1)N1CCCN(S(=O)(=O)c2ccc(F)cc2)CC1. The van der Waals surface area contributed by atoms with Gasteiger partial charge < -0.3 is 4.90 Å². The number of hydrogen-bond acceptors (Lipinski definition) is 7. The van der Waals surface area contributed by atoms with Gasteiger partial charge in [0.2, 0.25) is 21.1 Å². The molecule has 0 bridgehead atoms. The Morgan fingerprint density at radius 2 is 1.81 bits per heavy atom. The average Bonchev–Trinajstić information content (AvgIpc) is 3.38. The van der Waals surface area contributed by atoms with E-state index in [1.807, 2.05) is 4.68 Å². The summed E-state index contributed by atoms with van der Waals surface area (Å²) in [4.78, 5) is 14.5. The molecule has 2 aromatic rings. The van der Waals surface area contributed by atoms with Crippen LogP contribution in [0.15, 0.2) is 34.3 Å². The van der Waals surface area contributed by atoms with E-state index >= 15 is 0 Å². The van der Waals surface area contributed by atoms with E-state index in [0.29, 0.717) is 37.3 Å². The summed E-state index contributed by atoms with van der Waals surface area (Å²) in [5.41, 5.74) is 0. The molecule has 1 aliphatic carbocycles. The van der Waals surface area contributed by atoms with Crippen LogP contribution in [0.25, 0.3) is 0 Å². The summed E-state index contributed by atoms with van der Waals surface area (Å²) in [5.74, 6) is -0.340. The Morgan fingerprint density at radius 3 is 2.55 bits per heavy atom. The Hall–Kier alpha value is -2.05. The molecule has 1 saturated heterocycles. The van der Waals surface area contributed by atoms with Crippen LogP contribution in [0.5, 0.6) is 0 Å². The molecule has 0 N–H and O–H groups in total. The first-order chi connectivity index (χ1) is 14.9. The number of aromatic nitrogens is 4. The van der Waals surface area contributed by atoms with Crippen LogP contribution in [0, 0.1) is 5.82 Å². The van der Waals surface area contributed by atoms with E-state index in [1.54, 1.807) is 4.90 Å². The molecule has 168 valence electrons. The summed E-state index contributed by atoms with van der Waals surface area (Å²) < 4.78 is 42.0. The lowest BCUT2D eigenvalue weighted by Gasteiger charge is -2.22. The predicted molar refractivity (Wildman–Crippen MR) is 112 cm³/mol. The van der Waals surface area contributed by atoms with Crippen molar-refractivity contribution in [3.63, 3.8) is 0 Å². The lowest BCUT2D eigenvalue weighted by molar-refractivity contribution is -0.128. The molecule has 31 heavy (non-hydrogen) atoms. The summed E-state index contributed by atoms with van der Waals surface area (Å²) >= 11 is 1.32. The minimum atomic E-state index is -3.72. The number of thioether (sulfide) groups is 1. The first kappa shape index (κ1) is 22.2. The summed E-state index contributed by atoms with van der Waals surface area (Å²) in [5, 5.41) is 12.6. The number of hydrogen-bond donors (Lipinski definition) is 0. The van der Waals surface area contributed by atoms with Gasteiger partial charge in [-0.05, 0) is 54.0 Å². The highest BCUT2D eigenvalue weighted by Gasteiger charge is 2.29. The summed E-state index contributed by atoms with van der Waals surface area (Å²) in [6, 6.07) is 5.11. The average molecular weight is 469 g/mol. The molecule has 1 aromatic heterocycles. The number of amides is 1. The maximum atomic E-state index is 13.1. The van der Waals surface area contributed by atoms with E-state index < -0.39 is 15.8 Å². The third kappa shape index (κ3) is 5.07. The Labute approximate surface area is 185 Å². The van der Waals surface area contributed by atoms with Gasteiger partial charge in [-0.1, -0.05) is 24.6 Å². The highest BCUT2D eigenvalue weighted by atomic mass is 32.2. The van der Waals surface area contributed by atoms with Gasteiger partial charge in [0.25, 0.3) is 0 Å². The number of carbonyl (C=O) groups is 1. The zero-order chi connectivity index (χ0) is 21.8. The van der Waals surface area contributed by atoms with Gasteiger partial charge in [0.15, 0.2) is 0 Å². The Bertz CT molecular complexity index is 1010. The molecule has 12 heteroatoms. The third-order valence-corrected chi connectivity index (χ3v) is 8.55. The van der Waals surface area contributed by atoms with Crippen LogP contribution in [-0.4, -0.2) is 75.7 Å². The van der Waals surface area contributed by atoms with Crippen molar-refractivity contribution < 1.29 is 17.6 Å². The van der Waals surface area contributed by atoms with Gasteiger partial charge in [0, 0.05) is 26.2 Å². The second-order valence-electron chi connectivity index (χ2n) is 7.73. The van der Waals surface area contributed by atoms with E-state index in [2.05, 4.69) is 15.5 Å². The van der Waals surface area contributed by atoms with Crippen LogP contribution in [0.1, 0.15) is 38.1 Å². The molecule has 1 saturated carbocycles. The van der Waals surface area contributed by atoms with Crippen LogP contribution >= 0.6 is 11.8 Å². The van der Waals surface area contributed by atoms with E-state index in [1.165, 1.54) is 41.0 Å². The van der Waals surface area contributed by atoms with Crippen molar-refractivity contribution in [2.24, 2.45) is 0 Å². The maximum Gasteiger partial charge on any atom is 0.243 e. The second kappa shape index (κ2) is 9.61. The van der Waals surface area contributed by atoms with Gasteiger partial charge in [-0.2, -0.15) is 4.31 Å². The topological polar surface area (TPSA) is 101 Å². The summed E-state index contributed by atoms with van der Waals surface area (Å²) in [6.45, 7) is 1.32. The minimum Gasteiger partial charge on any atom is -0.341 e. The zero-order valence-electron chi connectivity index (χ0n) is 17.1. The molecule has 1 aliphatic heterocycles. The fraction of sp³-hybridized carbons (Fsp3) is 0.579. The smallest absolute Gasteiger partial charge is 0.243 e. The standard InChI is InChI=1S/C19H25FN6O3S2/c20-15-6-8-17(9-7-15)31(28,29)25-11-3-10-24(12-13-25)18(27)14-30-19-21-22-23-26(19)16-4-1-2-5-16/h6-9,16H,1-5,10-14H2. The number of rotatable bonds is 6. The molecule has 1 amide bonds. The Balaban J connectivity index is 1.34. The van der Waals surface area contributed by atoms with Crippen LogP contribution in [-0.2, 0) is 14.8 Å². The van der Waals surface area contributed by atoms with Crippen LogP contribution in [0.2, 0.25) is 0 Å². The molecular formula is C19H25FN6O3S2. The fourth-order valence-corrected chi connectivity index (χ4v) is 6.33. The quantitative estimate of drug-likeness (QED) is 0.597. The lowest BCUT2D eigenvalue weighted by Crippen LogP contribution is -2.38. The molecule has 2 heterocycles. The zero-order valence-corrected chi connectivity index (χ0v) is 18.7. The molecule has 0 radical (unpaired) electrons. The highest BCUT2D eigenvalue weighted by molar-refractivity contribution is 7.99. The second-order valence-corrected chi connectivity index (χ2v) is 10.6. The van der Waals surface area contributed by atoms with Crippen LogP contribution in [0.3, 0.4) is 0 Å². The molecule has 2 aliphatic rings. The van der Waals surface area contributed by atoms with E-state index in [9.17, 15) is 17.6 Å². The van der Waals surface area contributed by atoms with Gasteiger partial charge in [-0.25, -0.2) is 17.5 Å². The van der Waals surface area contributed by atoms with Gasteiger partial charge in [0.1, 0.15) is 5.82 Å². The summed E-state index contributed by atoms with van der Waals surface area (Å²) in [6.07, 6.45) is 4.97. The van der Waals surface area contributed by atoms with Crippen LogP contribution < -0.4 is 0 Å². The Kier molecular flexibility index (Phi) is 6.87. The van der Waals surface area contributed by atoms with Crippen molar-refractivity contribution in [3.05, 3.63) is 30.1 Å². The first-order valence-corrected chi connectivity index (χ1v) is 12.8. The van der Waals surface area contributed by atoms with E-state index in [4.69, 9.17) is 0 Å². The van der Waals surface area contributed by atoms with Crippen LogP contribution in [0.4, 0.5) is 4.39 Å². The van der Waals surface area contributed by atoms with Crippen molar-refractivity contribution >= 4 is 27.7 Å². The first-order valence-electron chi connectivity index (χ1n) is 10.4. The molecule has 4 rings (SSSR count). The Morgan fingerprint density at radius 1 is 1.06 bits per heavy atom. The molecule has 1 aromatic carbocycles. The molecule has 0 unspecified atom stereocenters. The maximum absolute atomic E-state index is 13.1. The molecule has 0 spiro atoms. The third-order valence-electron chi connectivity index (χ3n) is 5.72. The van der Waals surface area contributed by atoms with Gasteiger partial charge in [0.05, 0.1) is 16.7 Å². The number of sulfonamides is 1. The fourth-order valence-electron chi connectivity index (χ4n) is 4.02. The van der Waals surface area contributed by atoms with Crippen molar-refractivity contribution in [2.45, 2.75) is 48.2 Å². The monoisotopic (exact) mass is 468 g/mol. The summed E-state index contributed by atoms with van der Waals surface area (Å²) in [7, 11) is -3.72. The minimum absolute atomic E-state index is 0.0583. The predicted octanol–water partition coefficient (Wildman–Crippen LogP) is 1.94. The van der Waals surface area contributed by atoms with E-state index in [0.717, 1.165) is 25.0 Å². The molecule has 9 nitrogen and oxygen atoms in total.